The molecule has 26 heavy (non-hydrogen) atoms. The molecule has 4 saturated carbocycles. The lowest BCUT2D eigenvalue weighted by molar-refractivity contribution is -0.173. The maximum absolute atomic E-state index is 10.6. The number of ether oxygens (including phenoxy) is 1. The van der Waals surface area contributed by atoms with Gasteiger partial charge < -0.3 is 14.9 Å². The number of fused-ring (bicyclic) bond motifs is 5. The van der Waals surface area contributed by atoms with Crippen molar-refractivity contribution < 1.29 is 14.9 Å². The van der Waals surface area contributed by atoms with E-state index in [1.807, 2.05) is 13.8 Å². The summed E-state index contributed by atoms with van der Waals surface area (Å²) in [6, 6.07) is 0. The molecule has 3 nitrogen and oxygen atoms in total. The lowest BCUT2D eigenvalue weighted by Gasteiger charge is -2.62. The van der Waals surface area contributed by atoms with Crippen LogP contribution >= 0.6 is 0 Å². The molecule has 0 bridgehead atoms. The standard InChI is InChI=1S/C23H40O3/c1-5-26-21-13-23(4)15(12-20(21)25)6-7-16-18-9-8-17(14(2)24)22(18,3)11-10-19(16)23/h14-21,24-25H,5-13H2,1-4H3/t14?,15-,16-,17+,18-,19-,20-,21-,22+,23-/m0/s1. The van der Waals surface area contributed by atoms with Crippen molar-refractivity contribution >= 4 is 0 Å². The SMILES string of the molecule is CCO[C@H]1C[C@@]2(C)[C@@H](CC[C@@H]3[C@@H]2CC[C@]2(C)[C@@H](C(C)O)CC[C@@H]32)C[C@@H]1O. The van der Waals surface area contributed by atoms with Crippen LogP contribution in [0.25, 0.3) is 0 Å². The van der Waals surface area contributed by atoms with E-state index in [1.54, 1.807) is 0 Å². The molecule has 10 atom stereocenters. The largest absolute Gasteiger partial charge is 0.393 e. The van der Waals surface area contributed by atoms with E-state index >= 15 is 0 Å². The number of rotatable bonds is 3. The molecule has 0 aliphatic heterocycles. The topological polar surface area (TPSA) is 49.7 Å². The van der Waals surface area contributed by atoms with E-state index < -0.39 is 0 Å². The van der Waals surface area contributed by atoms with E-state index in [4.69, 9.17) is 4.74 Å². The van der Waals surface area contributed by atoms with Crippen molar-refractivity contribution in [1.29, 1.82) is 0 Å². The molecule has 0 spiro atoms. The lowest BCUT2D eigenvalue weighted by atomic mass is 9.44. The summed E-state index contributed by atoms with van der Waals surface area (Å²) < 4.78 is 5.96. The van der Waals surface area contributed by atoms with E-state index in [9.17, 15) is 10.2 Å². The number of hydrogen-bond acceptors (Lipinski definition) is 3. The zero-order chi connectivity index (χ0) is 18.7. The molecule has 150 valence electrons. The van der Waals surface area contributed by atoms with Crippen molar-refractivity contribution in [2.75, 3.05) is 6.61 Å². The molecule has 0 aromatic heterocycles. The van der Waals surface area contributed by atoms with E-state index in [2.05, 4.69) is 13.8 Å². The Labute approximate surface area is 159 Å². The Balaban J connectivity index is 1.59. The predicted octanol–water partition coefficient (Wildman–Crippen LogP) is 4.40. The molecular weight excluding hydrogens is 324 g/mol. The average Bonchev–Trinajstić information content (AvgIpc) is 2.94. The third-order valence-corrected chi connectivity index (χ3v) is 9.70. The summed E-state index contributed by atoms with van der Waals surface area (Å²) in [5.74, 6) is 3.53. The van der Waals surface area contributed by atoms with Crippen LogP contribution in [0.2, 0.25) is 0 Å². The molecular formula is C23H40O3. The zero-order valence-corrected chi connectivity index (χ0v) is 17.3. The van der Waals surface area contributed by atoms with Crippen LogP contribution in [-0.2, 0) is 4.74 Å². The summed E-state index contributed by atoms with van der Waals surface area (Å²) in [5, 5.41) is 21.0. The zero-order valence-electron chi connectivity index (χ0n) is 17.3. The van der Waals surface area contributed by atoms with E-state index in [1.165, 1.54) is 38.5 Å². The minimum absolute atomic E-state index is 0.0297. The van der Waals surface area contributed by atoms with Crippen molar-refractivity contribution in [2.45, 2.75) is 97.4 Å². The fraction of sp³-hybridized carbons (Fsp3) is 1.00. The quantitative estimate of drug-likeness (QED) is 0.780. The maximum Gasteiger partial charge on any atom is 0.0839 e. The normalized spacial score (nSPS) is 54.9. The van der Waals surface area contributed by atoms with Crippen molar-refractivity contribution in [3.05, 3.63) is 0 Å². The fourth-order valence-corrected chi connectivity index (χ4v) is 8.47. The second-order valence-electron chi connectivity index (χ2n) is 10.6. The average molecular weight is 365 g/mol. The Hall–Kier alpha value is -0.120. The molecule has 4 fully saturated rings. The van der Waals surface area contributed by atoms with E-state index in [0.717, 1.165) is 30.6 Å². The summed E-state index contributed by atoms with van der Waals surface area (Å²) in [5.41, 5.74) is 0.665. The van der Waals surface area contributed by atoms with Crippen LogP contribution in [0.4, 0.5) is 0 Å². The first-order valence-corrected chi connectivity index (χ1v) is 11.3. The molecule has 0 amide bonds. The molecule has 1 unspecified atom stereocenters. The number of aliphatic hydroxyl groups is 2. The Kier molecular flexibility index (Phi) is 4.98. The smallest absolute Gasteiger partial charge is 0.0839 e. The van der Waals surface area contributed by atoms with Gasteiger partial charge >= 0.3 is 0 Å². The van der Waals surface area contributed by atoms with Gasteiger partial charge in [-0.15, -0.1) is 0 Å². The van der Waals surface area contributed by atoms with Gasteiger partial charge in [0.2, 0.25) is 0 Å². The summed E-state index contributed by atoms with van der Waals surface area (Å²) in [7, 11) is 0. The van der Waals surface area contributed by atoms with E-state index in [0.29, 0.717) is 29.3 Å². The Morgan fingerprint density at radius 3 is 2.46 bits per heavy atom. The van der Waals surface area contributed by atoms with Gasteiger partial charge in [0, 0.05) is 6.61 Å². The van der Waals surface area contributed by atoms with Gasteiger partial charge in [-0.05, 0) is 106 Å². The van der Waals surface area contributed by atoms with Crippen LogP contribution in [0.3, 0.4) is 0 Å². The summed E-state index contributed by atoms with van der Waals surface area (Å²) in [6.45, 7) is 9.77. The third kappa shape index (κ3) is 2.71. The second kappa shape index (κ2) is 6.74. The molecule has 0 aromatic rings. The second-order valence-corrected chi connectivity index (χ2v) is 10.6. The molecule has 4 rings (SSSR count). The first-order chi connectivity index (χ1) is 12.3. The van der Waals surface area contributed by atoms with Crippen molar-refractivity contribution in [1.82, 2.24) is 0 Å². The van der Waals surface area contributed by atoms with Crippen LogP contribution in [-0.4, -0.2) is 35.1 Å². The molecule has 0 saturated heterocycles. The minimum atomic E-state index is -0.274. The highest BCUT2D eigenvalue weighted by atomic mass is 16.5. The van der Waals surface area contributed by atoms with Crippen LogP contribution in [0, 0.1) is 40.4 Å². The Morgan fingerprint density at radius 2 is 1.77 bits per heavy atom. The summed E-state index contributed by atoms with van der Waals surface area (Å²) in [6.07, 6.45) is 9.28. The monoisotopic (exact) mass is 364 g/mol. The molecule has 0 radical (unpaired) electrons. The molecule has 4 aliphatic carbocycles. The maximum atomic E-state index is 10.6. The van der Waals surface area contributed by atoms with Gasteiger partial charge in [-0.2, -0.15) is 0 Å². The first-order valence-electron chi connectivity index (χ1n) is 11.3. The van der Waals surface area contributed by atoms with Crippen molar-refractivity contribution in [3.8, 4) is 0 Å². The molecule has 2 N–H and O–H groups in total. The Morgan fingerprint density at radius 1 is 1.04 bits per heavy atom. The first kappa shape index (κ1) is 19.2. The van der Waals surface area contributed by atoms with Gasteiger partial charge in [-0.3, -0.25) is 0 Å². The van der Waals surface area contributed by atoms with Gasteiger partial charge in [-0.1, -0.05) is 13.8 Å². The third-order valence-electron chi connectivity index (χ3n) is 9.70. The van der Waals surface area contributed by atoms with E-state index in [-0.39, 0.29) is 18.3 Å². The van der Waals surface area contributed by atoms with Gasteiger partial charge in [0.15, 0.2) is 0 Å². The van der Waals surface area contributed by atoms with Crippen molar-refractivity contribution in [3.63, 3.8) is 0 Å². The van der Waals surface area contributed by atoms with Gasteiger partial charge in [0.05, 0.1) is 18.3 Å². The van der Waals surface area contributed by atoms with Gasteiger partial charge in [0.1, 0.15) is 0 Å². The highest BCUT2D eigenvalue weighted by Crippen LogP contribution is 2.67. The highest BCUT2D eigenvalue weighted by molar-refractivity contribution is 5.10. The Bertz CT molecular complexity index is 520. The van der Waals surface area contributed by atoms with Crippen molar-refractivity contribution in [2.24, 2.45) is 40.4 Å². The fourth-order valence-electron chi connectivity index (χ4n) is 8.47. The highest BCUT2D eigenvalue weighted by Gasteiger charge is 2.61. The number of hydrogen-bond donors (Lipinski definition) is 2. The summed E-state index contributed by atoms with van der Waals surface area (Å²) >= 11 is 0. The predicted molar refractivity (Wildman–Crippen MR) is 104 cm³/mol. The van der Waals surface area contributed by atoms with Crippen LogP contribution in [0.15, 0.2) is 0 Å². The molecule has 3 heteroatoms. The summed E-state index contributed by atoms with van der Waals surface area (Å²) in [4.78, 5) is 0. The van der Waals surface area contributed by atoms with Crippen LogP contribution in [0.5, 0.6) is 0 Å². The lowest BCUT2D eigenvalue weighted by Crippen LogP contribution is -2.57. The minimum Gasteiger partial charge on any atom is -0.393 e. The van der Waals surface area contributed by atoms with Crippen LogP contribution < -0.4 is 0 Å². The van der Waals surface area contributed by atoms with Gasteiger partial charge in [0.25, 0.3) is 0 Å². The van der Waals surface area contributed by atoms with Crippen LogP contribution in [0.1, 0.15) is 79.1 Å². The molecule has 4 aliphatic rings. The number of aliphatic hydroxyl groups excluding tert-OH is 2. The molecule has 0 aromatic carbocycles. The van der Waals surface area contributed by atoms with Gasteiger partial charge in [-0.25, -0.2) is 0 Å². The molecule has 0 heterocycles.